The average Bonchev–Trinajstić information content (AvgIpc) is 2.82. The summed E-state index contributed by atoms with van der Waals surface area (Å²) < 4.78 is 1.80. The number of piperidine rings is 1. The number of nitrogens with zero attached hydrogens (tertiary/aromatic N) is 3. The van der Waals surface area contributed by atoms with E-state index in [2.05, 4.69) is 15.2 Å². The first kappa shape index (κ1) is 15.3. The van der Waals surface area contributed by atoms with Gasteiger partial charge in [-0.25, -0.2) is 4.98 Å². The Labute approximate surface area is 135 Å². The normalized spacial score (nSPS) is 16.1. The van der Waals surface area contributed by atoms with E-state index in [1.807, 2.05) is 19.2 Å². The fourth-order valence-corrected chi connectivity index (χ4v) is 3.11. The van der Waals surface area contributed by atoms with Crippen molar-refractivity contribution in [2.24, 2.45) is 7.05 Å². The van der Waals surface area contributed by atoms with Crippen molar-refractivity contribution >= 4 is 28.5 Å². The van der Waals surface area contributed by atoms with Gasteiger partial charge in [0.15, 0.2) is 0 Å². The number of carbonyl (C=O) groups excluding carboxylic acids is 1. The number of aromatic nitrogens is 2. The summed E-state index contributed by atoms with van der Waals surface area (Å²) in [7, 11) is 1.86. The van der Waals surface area contributed by atoms with Crippen molar-refractivity contribution in [3.05, 3.63) is 29.0 Å². The molecule has 22 heavy (non-hydrogen) atoms. The Balaban J connectivity index is 1.59. The van der Waals surface area contributed by atoms with E-state index in [-0.39, 0.29) is 5.91 Å². The summed E-state index contributed by atoms with van der Waals surface area (Å²) in [5.41, 5.74) is 2.30. The first-order chi connectivity index (χ1) is 10.6. The minimum absolute atomic E-state index is 0.0549. The molecule has 5 nitrogen and oxygen atoms in total. The van der Waals surface area contributed by atoms with E-state index in [9.17, 15) is 4.79 Å². The average molecular weight is 321 g/mol. The molecule has 0 bridgehead atoms. The van der Waals surface area contributed by atoms with Crippen molar-refractivity contribution in [3.8, 4) is 0 Å². The summed E-state index contributed by atoms with van der Waals surface area (Å²) >= 11 is 6.00. The molecule has 118 valence electrons. The molecule has 6 heteroatoms. The molecule has 2 aromatic rings. The molecule has 0 radical (unpaired) electrons. The van der Waals surface area contributed by atoms with Crippen LogP contribution in [0.2, 0.25) is 5.28 Å². The molecule has 1 aromatic carbocycles. The third kappa shape index (κ3) is 3.25. The van der Waals surface area contributed by atoms with Crippen LogP contribution in [0.5, 0.6) is 0 Å². The van der Waals surface area contributed by atoms with Gasteiger partial charge in [-0.05, 0) is 55.7 Å². The monoisotopic (exact) mass is 320 g/mol. The molecule has 1 amide bonds. The number of hydrogen-bond donors (Lipinski definition) is 1. The number of aryl methyl sites for hydroxylation is 1. The predicted molar refractivity (Wildman–Crippen MR) is 88.3 cm³/mol. The zero-order chi connectivity index (χ0) is 15.5. The summed E-state index contributed by atoms with van der Waals surface area (Å²) in [6.07, 6.45) is 3.87. The fraction of sp³-hybridized carbons (Fsp3) is 0.500. The standard InChI is InChI=1S/C16H21ClN4O/c1-20-14-6-5-12(11-13(14)19-16(20)17)15(22)18-7-10-21-8-3-2-4-9-21/h5-6,11H,2-4,7-10H2,1H3,(H,18,22). The van der Waals surface area contributed by atoms with Crippen LogP contribution < -0.4 is 5.32 Å². The number of imidazole rings is 1. The number of amides is 1. The lowest BCUT2D eigenvalue weighted by atomic mass is 10.1. The fourth-order valence-electron chi connectivity index (χ4n) is 2.92. The Morgan fingerprint density at radius 2 is 2.09 bits per heavy atom. The molecule has 1 saturated heterocycles. The van der Waals surface area contributed by atoms with Crippen LogP contribution in [-0.4, -0.2) is 46.5 Å². The van der Waals surface area contributed by atoms with E-state index in [1.165, 1.54) is 19.3 Å². The summed E-state index contributed by atoms with van der Waals surface area (Å²) in [6.45, 7) is 3.89. The maximum atomic E-state index is 12.2. The highest BCUT2D eigenvalue weighted by atomic mass is 35.5. The molecule has 0 atom stereocenters. The maximum Gasteiger partial charge on any atom is 0.251 e. The molecular weight excluding hydrogens is 300 g/mol. The van der Waals surface area contributed by atoms with Gasteiger partial charge in [-0.3, -0.25) is 4.79 Å². The summed E-state index contributed by atoms with van der Waals surface area (Å²) in [4.78, 5) is 18.9. The topological polar surface area (TPSA) is 50.2 Å². The van der Waals surface area contributed by atoms with Gasteiger partial charge in [0.1, 0.15) is 0 Å². The van der Waals surface area contributed by atoms with E-state index in [1.54, 1.807) is 10.6 Å². The number of halogens is 1. The molecule has 1 aromatic heterocycles. The van der Waals surface area contributed by atoms with Crippen molar-refractivity contribution in [1.82, 2.24) is 19.8 Å². The molecule has 1 fully saturated rings. The molecule has 1 aliphatic heterocycles. The van der Waals surface area contributed by atoms with Crippen LogP contribution in [0, 0.1) is 0 Å². The Hall–Kier alpha value is -1.59. The van der Waals surface area contributed by atoms with Gasteiger partial charge < -0.3 is 14.8 Å². The zero-order valence-electron chi connectivity index (χ0n) is 12.8. The van der Waals surface area contributed by atoms with Crippen LogP contribution in [0.1, 0.15) is 29.6 Å². The molecule has 0 aliphatic carbocycles. The second-order valence-corrected chi connectivity index (χ2v) is 6.14. The lowest BCUT2D eigenvalue weighted by Crippen LogP contribution is -2.37. The van der Waals surface area contributed by atoms with Gasteiger partial charge in [-0.2, -0.15) is 0 Å². The van der Waals surface area contributed by atoms with Gasteiger partial charge in [-0.15, -0.1) is 0 Å². The lowest BCUT2D eigenvalue weighted by Gasteiger charge is -2.26. The number of benzene rings is 1. The number of hydrogen-bond acceptors (Lipinski definition) is 3. The Morgan fingerprint density at radius 1 is 1.32 bits per heavy atom. The molecule has 2 heterocycles. The molecule has 0 unspecified atom stereocenters. The van der Waals surface area contributed by atoms with Crippen molar-refractivity contribution < 1.29 is 4.79 Å². The number of likely N-dealkylation sites (tertiary alicyclic amines) is 1. The van der Waals surface area contributed by atoms with Gasteiger partial charge >= 0.3 is 0 Å². The van der Waals surface area contributed by atoms with Gasteiger partial charge in [0, 0.05) is 25.7 Å². The maximum absolute atomic E-state index is 12.2. The third-order valence-electron chi connectivity index (χ3n) is 4.25. The molecule has 0 saturated carbocycles. The van der Waals surface area contributed by atoms with Crippen LogP contribution >= 0.6 is 11.6 Å². The molecule has 1 N–H and O–H groups in total. The van der Waals surface area contributed by atoms with Crippen LogP contribution in [0.15, 0.2) is 18.2 Å². The van der Waals surface area contributed by atoms with Gasteiger partial charge in [-0.1, -0.05) is 6.42 Å². The second-order valence-electron chi connectivity index (χ2n) is 5.80. The Bertz CT molecular complexity index is 676. The molecule has 1 aliphatic rings. The number of nitrogens with one attached hydrogen (secondary N) is 1. The molecule has 3 rings (SSSR count). The second kappa shape index (κ2) is 6.67. The quantitative estimate of drug-likeness (QED) is 0.941. The summed E-state index contributed by atoms with van der Waals surface area (Å²) in [5.74, 6) is -0.0549. The van der Waals surface area contributed by atoms with E-state index in [4.69, 9.17) is 11.6 Å². The van der Waals surface area contributed by atoms with Crippen molar-refractivity contribution in [1.29, 1.82) is 0 Å². The first-order valence-corrected chi connectivity index (χ1v) is 8.15. The zero-order valence-corrected chi connectivity index (χ0v) is 13.6. The molecular formula is C16H21ClN4O. The molecule has 0 spiro atoms. The van der Waals surface area contributed by atoms with Gasteiger partial charge in [0.25, 0.3) is 5.91 Å². The van der Waals surface area contributed by atoms with E-state index in [0.29, 0.717) is 17.4 Å². The van der Waals surface area contributed by atoms with Gasteiger partial charge in [0.2, 0.25) is 5.28 Å². The van der Waals surface area contributed by atoms with Crippen LogP contribution in [-0.2, 0) is 7.05 Å². The van der Waals surface area contributed by atoms with Crippen molar-refractivity contribution in [3.63, 3.8) is 0 Å². The number of rotatable bonds is 4. The van der Waals surface area contributed by atoms with Gasteiger partial charge in [0.05, 0.1) is 11.0 Å². The minimum atomic E-state index is -0.0549. The minimum Gasteiger partial charge on any atom is -0.351 e. The number of fused-ring (bicyclic) bond motifs is 1. The Kier molecular flexibility index (Phi) is 4.64. The lowest BCUT2D eigenvalue weighted by molar-refractivity contribution is 0.0946. The van der Waals surface area contributed by atoms with Crippen LogP contribution in [0.3, 0.4) is 0 Å². The van der Waals surface area contributed by atoms with Crippen molar-refractivity contribution in [2.45, 2.75) is 19.3 Å². The van der Waals surface area contributed by atoms with Crippen LogP contribution in [0.4, 0.5) is 0 Å². The van der Waals surface area contributed by atoms with E-state index >= 15 is 0 Å². The predicted octanol–water partition coefficient (Wildman–Crippen LogP) is 2.44. The highest BCUT2D eigenvalue weighted by Gasteiger charge is 2.12. The summed E-state index contributed by atoms with van der Waals surface area (Å²) in [6, 6.07) is 5.49. The highest BCUT2D eigenvalue weighted by Crippen LogP contribution is 2.19. The van der Waals surface area contributed by atoms with Crippen molar-refractivity contribution in [2.75, 3.05) is 26.2 Å². The smallest absolute Gasteiger partial charge is 0.251 e. The summed E-state index contributed by atoms with van der Waals surface area (Å²) in [5, 5.41) is 3.41. The SMILES string of the molecule is Cn1c(Cl)nc2cc(C(=O)NCCN3CCCCC3)ccc21. The largest absolute Gasteiger partial charge is 0.351 e. The van der Waals surface area contributed by atoms with E-state index in [0.717, 1.165) is 30.7 Å². The number of carbonyl (C=O) groups is 1. The highest BCUT2D eigenvalue weighted by molar-refractivity contribution is 6.29. The van der Waals surface area contributed by atoms with Crippen LogP contribution in [0.25, 0.3) is 11.0 Å². The van der Waals surface area contributed by atoms with E-state index < -0.39 is 0 Å². The Morgan fingerprint density at radius 3 is 2.86 bits per heavy atom. The first-order valence-electron chi connectivity index (χ1n) is 7.78. The third-order valence-corrected chi connectivity index (χ3v) is 4.59.